The topological polar surface area (TPSA) is 44.8 Å². The first-order valence-corrected chi connectivity index (χ1v) is 10.8. The number of hydrogen-bond acceptors (Lipinski definition) is 4. The van der Waals surface area contributed by atoms with Gasteiger partial charge in [-0.25, -0.2) is 4.98 Å². The minimum absolute atomic E-state index is 0.0873. The summed E-state index contributed by atoms with van der Waals surface area (Å²) in [7, 11) is 4.21. The van der Waals surface area contributed by atoms with Crippen molar-refractivity contribution >= 4 is 22.9 Å². The molecule has 0 spiro atoms. The molecule has 0 aliphatic rings. The Morgan fingerprint density at radius 3 is 2.45 bits per heavy atom. The SMILES string of the molecule is CCc1cnc(-c2sc(-c3ccncc3)cc2C(c2ccc(Cl)cc2)N(C)C)[nH]1. The maximum atomic E-state index is 6.14. The second-order valence-corrected chi connectivity index (χ2v) is 8.65. The fourth-order valence-corrected chi connectivity index (χ4v) is 4.78. The molecule has 0 aliphatic carbocycles. The van der Waals surface area contributed by atoms with Crippen molar-refractivity contribution in [2.75, 3.05) is 14.1 Å². The van der Waals surface area contributed by atoms with Gasteiger partial charge in [0, 0.05) is 34.2 Å². The molecule has 148 valence electrons. The Hall–Kier alpha value is -2.47. The first-order chi connectivity index (χ1) is 14.1. The average molecular weight is 423 g/mol. The van der Waals surface area contributed by atoms with E-state index in [1.54, 1.807) is 11.3 Å². The smallest absolute Gasteiger partial charge is 0.147 e. The molecule has 3 aromatic heterocycles. The van der Waals surface area contributed by atoms with E-state index in [1.807, 2.05) is 42.9 Å². The number of aryl methyl sites for hydroxylation is 1. The van der Waals surface area contributed by atoms with Gasteiger partial charge < -0.3 is 4.98 Å². The first-order valence-electron chi connectivity index (χ1n) is 9.57. The number of pyridine rings is 1. The summed E-state index contributed by atoms with van der Waals surface area (Å²) in [5, 5.41) is 0.743. The van der Waals surface area contributed by atoms with E-state index in [4.69, 9.17) is 11.6 Å². The summed E-state index contributed by atoms with van der Waals surface area (Å²) in [5.41, 5.74) is 4.72. The van der Waals surface area contributed by atoms with Gasteiger partial charge >= 0.3 is 0 Å². The van der Waals surface area contributed by atoms with Crippen molar-refractivity contribution in [3.05, 3.63) is 82.9 Å². The molecule has 0 bridgehead atoms. The van der Waals surface area contributed by atoms with Crippen LogP contribution >= 0.6 is 22.9 Å². The molecule has 0 saturated heterocycles. The molecule has 0 saturated carbocycles. The van der Waals surface area contributed by atoms with Crippen LogP contribution in [0.2, 0.25) is 5.02 Å². The highest BCUT2D eigenvalue weighted by atomic mass is 35.5. The lowest BCUT2D eigenvalue weighted by atomic mass is 9.97. The predicted octanol–water partition coefficient (Wildman–Crippen LogP) is 6.07. The lowest BCUT2D eigenvalue weighted by Gasteiger charge is -2.25. The van der Waals surface area contributed by atoms with Crippen molar-refractivity contribution in [3.8, 4) is 21.1 Å². The molecule has 3 heterocycles. The van der Waals surface area contributed by atoms with E-state index < -0.39 is 0 Å². The Labute approximate surface area is 180 Å². The molecule has 0 fully saturated rings. The summed E-state index contributed by atoms with van der Waals surface area (Å²) in [4.78, 5) is 16.9. The quantitative estimate of drug-likeness (QED) is 0.410. The van der Waals surface area contributed by atoms with Crippen LogP contribution < -0.4 is 0 Å². The highest BCUT2D eigenvalue weighted by molar-refractivity contribution is 7.19. The molecule has 1 unspecified atom stereocenters. The van der Waals surface area contributed by atoms with Gasteiger partial charge in [-0.2, -0.15) is 0 Å². The van der Waals surface area contributed by atoms with Crippen molar-refractivity contribution in [2.45, 2.75) is 19.4 Å². The zero-order valence-corrected chi connectivity index (χ0v) is 18.3. The first kappa shape index (κ1) is 19.8. The maximum Gasteiger partial charge on any atom is 0.147 e. The van der Waals surface area contributed by atoms with Gasteiger partial charge in [0.15, 0.2) is 0 Å². The zero-order valence-electron chi connectivity index (χ0n) is 16.7. The van der Waals surface area contributed by atoms with Crippen LogP contribution in [0.4, 0.5) is 0 Å². The summed E-state index contributed by atoms with van der Waals surface area (Å²) in [6, 6.07) is 14.6. The molecular formula is C23H23ClN4S. The van der Waals surface area contributed by atoms with E-state index in [1.165, 1.54) is 16.0 Å². The second kappa shape index (κ2) is 8.49. The summed E-state index contributed by atoms with van der Waals surface area (Å²) in [5.74, 6) is 0.919. The second-order valence-electron chi connectivity index (χ2n) is 7.16. The van der Waals surface area contributed by atoms with E-state index in [-0.39, 0.29) is 6.04 Å². The van der Waals surface area contributed by atoms with Gasteiger partial charge in [0.1, 0.15) is 5.82 Å². The molecule has 0 radical (unpaired) electrons. The van der Waals surface area contributed by atoms with E-state index in [0.717, 1.165) is 33.4 Å². The number of aromatic nitrogens is 3. The normalized spacial score (nSPS) is 12.4. The lowest BCUT2D eigenvalue weighted by Crippen LogP contribution is -2.21. The van der Waals surface area contributed by atoms with Crippen LogP contribution in [0.15, 0.2) is 61.1 Å². The Balaban J connectivity index is 1.89. The number of rotatable bonds is 6. The Morgan fingerprint density at radius 1 is 1.10 bits per heavy atom. The van der Waals surface area contributed by atoms with Crippen LogP contribution in [0.5, 0.6) is 0 Å². The number of hydrogen-bond donors (Lipinski definition) is 1. The number of nitrogens with zero attached hydrogens (tertiary/aromatic N) is 3. The monoisotopic (exact) mass is 422 g/mol. The van der Waals surface area contributed by atoms with E-state index in [0.29, 0.717) is 0 Å². The van der Waals surface area contributed by atoms with Crippen LogP contribution in [0.25, 0.3) is 21.1 Å². The van der Waals surface area contributed by atoms with Gasteiger partial charge in [0.2, 0.25) is 0 Å². The zero-order chi connectivity index (χ0) is 20.4. The fourth-order valence-electron chi connectivity index (χ4n) is 3.51. The van der Waals surface area contributed by atoms with Crippen LogP contribution in [0.3, 0.4) is 0 Å². The fraction of sp³-hybridized carbons (Fsp3) is 0.217. The van der Waals surface area contributed by atoms with Crippen molar-refractivity contribution in [3.63, 3.8) is 0 Å². The molecule has 6 heteroatoms. The number of imidazole rings is 1. The Bertz CT molecular complexity index is 1080. The van der Waals surface area contributed by atoms with Gasteiger partial charge in [0.05, 0.1) is 10.9 Å². The maximum absolute atomic E-state index is 6.14. The van der Waals surface area contributed by atoms with Crippen LogP contribution in [0, 0.1) is 0 Å². The van der Waals surface area contributed by atoms with Crippen LogP contribution in [-0.2, 0) is 6.42 Å². The Morgan fingerprint density at radius 2 is 1.83 bits per heavy atom. The van der Waals surface area contributed by atoms with Gasteiger partial charge in [0.25, 0.3) is 0 Å². The molecule has 29 heavy (non-hydrogen) atoms. The number of H-pyrrole nitrogens is 1. The number of benzene rings is 1. The van der Waals surface area contributed by atoms with Gasteiger partial charge in [-0.15, -0.1) is 11.3 Å². The third kappa shape index (κ3) is 4.13. The minimum Gasteiger partial charge on any atom is -0.341 e. The molecule has 1 N–H and O–H groups in total. The van der Waals surface area contributed by atoms with Crippen molar-refractivity contribution in [1.82, 2.24) is 19.9 Å². The van der Waals surface area contributed by atoms with Crippen LogP contribution in [-0.4, -0.2) is 33.9 Å². The molecule has 4 rings (SSSR count). The van der Waals surface area contributed by atoms with E-state index in [2.05, 4.69) is 59.1 Å². The summed E-state index contributed by atoms with van der Waals surface area (Å²) in [6.45, 7) is 2.13. The summed E-state index contributed by atoms with van der Waals surface area (Å²) in [6.07, 6.45) is 6.52. The molecule has 1 aromatic carbocycles. The predicted molar refractivity (Wildman–Crippen MR) is 121 cm³/mol. The highest BCUT2D eigenvalue weighted by Gasteiger charge is 2.25. The Kier molecular flexibility index (Phi) is 5.81. The number of thiophene rings is 1. The van der Waals surface area contributed by atoms with Gasteiger partial charge in [-0.3, -0.25) is 9.88 Å². The average Bonchev–Trinajstić information content (AvgIpc) is 3.37. The van der Waals surface area contributed by atoms with Crippen molar-refractivity contribution < 1.29 is 0 Å². The molecule has 0 amide bonds. The van der Waals surface area contributed by atoms with Gasteiger partial charge in [-0.05, 0) is 67.5 Å². The van der Waals surface area contributed by atoms with E-state index in [9.17, 15) is 0 Å². The molecule has 1 atom stereocenters. The molecule has 4 aromatic rings. The number of nitrogens with one attached hydrogen (secondary N) is 1. The van der Waals surface area contributed by atoms with Gasteiger partial charge in [-0.1, -0.05) is 30.7 Å². The number of halogens is 1. The molecular weight excluding hydrogens is 400 g/mol. The standard InChI is InChI=1S/C23H23ClN4S/c1-4-18-14-26-23(27-18)22-19(13-20(29-22)15-9-11-25-12-10-15)21(28(2)3)16-5-7-17(24)8-6-16/h5-14,21H,4H2,1-3H3,(H,26,27). The third-order valence-corrected chi connectivity index (χ3v) is 6.41. The molecule has 0 aliphatic heterocycles. The van der Waals surface area contributed by atoms with Crippen molar-refractivity contribution in [1.29, 1.82) is 0 Å². The summed E-state index contributed by atoms with van der Waals surface area (Å²) < 4.78 is 0. The largest absolute Gasteiger partial charge is 0.341 e. The minimum atomic E-state index is 0.0873. The van der Waals surface area contributed by atoms with E-state index >= 15 is 0 Å². The lowest BCUT2D eigenvalue weighted by molar-refractivity contribution is 0.343. The molecule has 4 nitrogen and oxygen atoms in total. The van der Waals surface area contributed by atoms with Crippen molar-refractivity contribution in [2.24, 2.45) is 0 Å². The number of aromatic amines is 1. The highest BCUT2D eigenvalue weighted by Crippen LogP contribution is 2.43. The summed E-state index contributed by atoms with van der Waals surface area (Å²) >= 11 is 7.90. The van der Waals surface area contributed by atoms with Crippen LogP contribution in [0.1, 0.15) is 29.8 Å². The third-order valence-electron chi connectivity index (χ3n) is 4.95.